The summed E-state index contributed by atoms with van der Waals surface area (Å²) in [4.78, 5) is 27.3. The van der Waals surface area contributed by atoms with Gasteiger partial charge in [0.05, 0.1) is 11.9 Å². The Labute approximate surface area is 199 Å². The van der Waals surface area contributed by atoms with E-state index in [9.17, 15) is 18.0 Å². The molecular formula is C22H27Cl2N3O4S. The van der Waals surface area contributed by atoms with Crippen LogP contribution in [0.3, 0.4) is 0 Å². The molecular weight excluding hydrogens is 473 g/mol. The molecule has 2 rings (SSSR count). The third kappa shape index (κ3) is 6.60. The predicted molar refractivity (Wildman–Crippen MR) is 129 cm³/mol. The highest BCUT2D eigenvalue weighted by molar-refractivity contribution is 7.92. The summed E-state index contributed by atoms with van der Waals surface area (Å²) in [7, 11) is -2.31. The SMILES string of the molecule is CC[C@H](C(=O)NC)N(Cc1ccc(Cl)cc1)C(=O)CN(c1ccc(C)c(Cl)c1)S(C)(=O)=O. The number of hydrogen-bond acceptors (Lipinski definition) is 4. The van der Waals surface area contributed by atoms with Gasteiger partial charge >= 0.3 is 0 Å². The van der Waals surface area contributed by atoms with Crippen molar-refractivity contribution in [1.82, 2.24) is 10.2 Å². The van der Waals surface area contributed by atoms with E-state index < -0.39 is 28.5 Å². The number of carbonyl (C=O) groups is 2. The van der Waals surface area contributed by atoms with Crippen LogP contribution in [0.5, 0.6) is 0 Å². The molecule has 0 saturated carbocycles. The molecule has 7 nitrogen and oxygen atoms in total. The maximum Gasteiger partial charge on any atom is 0.244 e. The lowest BCUT2D eigenvalue weighted by molar-refractivity contribution is -0.140. The van der Waals surface area contributed by atoms with E-state index >= 15 is 0 Å². The number of halogens is 2. The van der Waals surface area contributed by atoms with Gasteiger partial charge < -0.3 is 10.2 Å². The lowest BCUT2D eigenvalue weighted by Gasteiger charge is -2.32. The van der Waals surface area contributed by atoms with E-state index in [1.54, 1.807) is 50.2 Å². The lowest BCUT2D eigenvalue weighted by atomic mass is 10.1. The summed E-state index contributed by atoms with van der Waals surface area (Å²) in [6.45, 7) is 3.23. The van der Waals surface area contributed by atoms with Crippen molar-refractivity contribution in [2.75, 3.05) is 24.2 Å². The van der Waals surface area contributed by atoms with Gasteiger partial charge in [-0.05, 0) is 48.7 Å². The second kappa shape index (κ2) is 11.0. The first-order chi connectivity index (χ1) is 15.0. The molecule has 1 N–H and O–H groups in total. The molecule has 0 heterocycles. The van der Waals surface area contributed by atoms with Crippen LogP contribution in [0.4, 0.5) is 5.69 Å². The van der Waals surface area contributed by atoms with Crippen LogP contribution < -0.4 is 9.62 Å². The number of hydrogen-bond donors (Lipinski definition) is 1. The zero-order valence-corrected chi connectivity index (χ0v) is 20.8. The van der Waals surface area contributed by atoms with E-state index in [4.69, 9.17) is 23.2 Å². The Bertz CT molecular complexity index is 1080. The van der Waals surface area contributed by atoms with Crippen LogP contribution in [-0.4, -0.2) is 51.0 Å². The zero-order chi connectivity index (χ0) is 24.1. The molecule has 0 aliphatic heterocycles. The van der Waals surface area contributed by atoms with Gasteiger partial charge in [-0.1, -0.05) is 48.3 Å². The summed E-state index contributed by atoms with van der Waals surface area (Å²) < 4.78 is 26.1. The maximum atomic E-state index is 13.4. The minimum atomic E-state index is -3.80. The van der Waals surface area contributed by atoms with Gasteiger partial charge in [-0.2, -0.15) is 0 Å². The minimum Gasteiger partial charge on any atom is -0.357 e. The molecule has 0 aliphatic rings. The van der Waals surface area contributed by atoms with Crippen LogP contribution in [0.25, 0.3) is 0 Å². The molecule has 0 saturated heterocycles. The van der Waals surface area contributed by atoms with E-state index in [2.05, 4.69) is 5.32 Å². The van der Waals surface area contributed by atoms with Gasteiger partial charge in [0.2, 0.25) is 21.8 Å². The minimum absolute atomic E-state index is 0.119. The average molecular weight is 500 g/mol. The van der Waals surface area contributed by atoms with Gasteiger partial charge in [0, 0.05) is 23.6 Å². The largest absolute Gasteiger partial charge is 0.357 e. The monoisotopic (exact) mass is 499 g/mol. The number of likely N-dealkylation sites (N-methyl/N-ethyl adjacent to an activating group) is 1. The molecule has 2 aromatic rings. The number of rotatable bonds is 9. The topological polar surface area (TPSA) is 86.8 Å². The van der Waals surface area contributed by atoms with Gasteiger partial charge in [0.25, 0.3) is 0 Å². The molecule has 10 heteroatoms. The smallest absolute Gasteiger partial charge is 0.244 e. The van der Waals surface area contributed by atoms with Crippen LogP contribution in [0, 0.1) is 6.92 Å². The number of nitrogens with zero attached hydrogens (tertiary/aromatic N) is 2. The highest BCUT2D eigenvalue weighted by atomic mass is 35.5. The van der Waals surface area contributed by atoms with Crippen molar-refractivity contribution in [3.63, 3.8) is 0 Å². The maximum absolute atomic E-state index is 13.4. The van der Waals surface area contributed by atoms with Crippen LogP contribution in [-0.2, 0) is 26.2 Å². The molecule has 0 spiro atoms. The third-order valence-electron chi connectivity index (χ3n) is 5.02. The van der Waals surface area contributed by atoms with Crippen molar-refractivity contribution < 1.29 is 18.0 Å². The molecule has 0 aromatic heterocycles. The first kappa shape index (κ1) is 26.0. The van der Waals surface area contributed by atoms with Gasteiger partial charge in [-0.25, -0.2) is 8.42 Å². The molecule has 2 aromatic carbocycles. The van der Waals surface area contributed by atoms with Crippen molar-refractivity contribution in [2.24, 2.45) is 0 Å². The Morgan fingerprint density at radius 2 is 1.72 bits per heavy atom. The average Bonchev–Trinajstić information content (AvgIpc) is 2.74. The first-order valence-corrected chi connectivity index (χ1v) is 12.6. The first-order valence-electron chi connectivity index (χ1n) is 9.97. The molecule has 0 aliphatic carbocycles. The predicted octanol–water partition coefficient (Wildman–Crippen LogP) is 3.62. The zero-order valence-electron chi connectivity index (χ0n) is 18.4. The Morgan fingerprint density at radius 3 is 2.22 bits per heavy atom. The molecule has 1 atom stereocenters. The molecule has 32 heavy (non-hydrogen) atoms. The second-order valence-corrected chi connectivity index (χ2v) is 10.1. The summed E-state index contributed by atoms with van der Waals surface area (Å²) >= 11 is 12.1. The summed E-state index contributed by atoms with van der Waals surface area (Å²) in [6.07, 6.45) is 1.38. The van der Waals surface area contributed by atoms with Crippen molar-refractivity contribution in [2.45, 2.75) is 32.9 Å². The highest BCUT2D eigenvalue weighted by Crippen LogP contribution is 2.25. The second-order valence-electron chi connectivity index (χ2n) is 7.39. The van der Waals surface area contributed by atoms with Gasteiger partial charge in [0.1, 0.15) is 12.6 Å². The van der Waals surface area contributed by atoms with Gasteiger partial charge in [0.15, 0.2) is 0 Å². The van der Waals surface area contributed by atoms with Crippen LogP contribution in [0.1, 0.15) is 24.5 Å². The van der Waals surface area contributed by atoms with E-state index in [1.165, 1.54) is 18.0 Å². The molecule has 0 unspecified atom stereocenters. The van der Waals surface area contributed by atoms with E-state index in [0.29, 0.717) is 16.5 Å². The van der Waals surface area contributed by atoms with Crippen molar-refractivity contribution in [3.05, 3.63) is 63.6 Å². The van der Waals surface area contributed by atoms with Crippen molar-refractivity contribution >= 4 is 50.7 Å². The number of carbonyl (C=O) groups excluding carboxylic acids is 2. The molecule has 2 amide bonds. The summed E-state index contributed by atoms with van der Waals surface area (Å²) in [5, 5.41) is 3.51. The van der Waals surface area contributed by atoms with Gasteiger partial charge in [-0.3, -0.25) is 13.9 Å². The van der Waals surface area contributed by atoms with Crippen LogP contribution in [0.2, 0.25) is 10.0 Å². The standard InChI is InChI=1S/C22H27Cl2N3O4S/c1-5-20(22(29)25-3)26(13-16-7-9-17(23)10-8-16)21(28)14-27(32(4,30)31)18-11-6-15(2)19(24)12-18/h6-12,20H,5,13-14H2,1-4H3,(H,25,29)/t20-/m1/s1. The summed E-state index contributed by atoms with van der Waals surface area (Å²) in [5.41, 5.74) is 1.82. The number of sulfonamides is 1. The quantitative estimate of drug-likeness (QED) is 0.570. The Hall–Kier alpha value is -2.29. The fourth-order valence-corrected chi connectivity index (χ4v) is 4.37. The molecule has 0 fully saturated rings. The number of nitrogens with one attached hydrogen (secondary N) is 1. The highest BCUT2D eigenvalue weighted by Gasteiger charge is 2.31. The van der Waals surface area contributed by atoms with Crippen LogP contribution in [0.15, 0.2) is 42.5 Å². The van der Waals surface area contributed by atoms with E-state index in [0.717, 1.165) is 21.7 Å². The Balaban J connectivity index is 2.43. The lowest BCUT2D eigenvalue weighted by Crippen LogP contribution is -2.51. The van der Waals surface area contributed by atoms with Crippen molar-refractivity contribution in [3.8, 4) is 0 Å². The molecule has 0 radical (unpaired) electrons. The summed E-state index contributed by atoms with van der Waals surface area (Å²) in [6, 6.07) is 10.9. The normalized spacial score (nSPS) is 12.2. The Morgan fingerprint density at radius 1 is 1.09 bits per heavy atom. The summed E-state index contributed by atoms with van der Waals surface area (Å²) in [5.74, 6) is -0.850. The van der Waals surface area contributed by atoms with Crippen molar-refractivity contribution in [1.29, 1.82) is 0 Å². The number of anilines is 1. The third-order valence-corrected chi connectivity index (χ3v) is 6.82. The van der Waals surface area contributed by atoms with Gasteiger partial charge in [-0.15, -0.1) is 0 Å². The van der Waals surface area contributed by atoms with Crippen LogP contribution >= 0.6 is 23.2 Å². The molecule has 0 bridgehead atoms. The van der Waals surface area contributed by atoms with E-state index in [-0.39, 0.29) is 18.1 Å². The fourth-order valence-electron chi connectivity index (χ4n) is 3.22. The Kier molecular flexibility index (Phi) is 8.95. The molecule has 174 valence electrons. The number of amides is 2. The number of benzene rings is 2. The van der Waals surface area contributed by atoms with E-state index in [1.807, 2.05) is 0 Å². The number of aryl methyl sites for hydroxylation is 1. The fraction of sp³-hybridized carbons (Fsp3) is 0.364.